The topological polar surface area (TPSA) is 131 Å². The first-order valence-corrected chi connectivity index (χ1v) is 10.00. The highest BCUT2D eigenvalue weighted by atomic mass is 16.6. The fourth-order valence-electron chi connectivity index (χ4n) is 3.76. The van der Waals surface area contributed by atoms with Gasteiger partial charge in [0.2, 0.25) is 0 Å². The Morgan fingerprint density at radius 1 is 1.09 bits per heavy atom. The molecule has 1 N–H and O–H groups in total. The molecule has 4 heterocycles. The van der Waals surface area contributed by atoms with E-state index in [9.17, 15) is 14.9 Å². The van der Waals surface area contributed by atoms with Crippen molar-refractivity contribution in [2.45, 2.75) is 19.5 Å². The molecule has 32 heavy (non-hydrogen) atoms. The van der Waals surface area contributed by atoms with Gasteiger partial charge in [-0.05, 0) is 24.3 Å². The van der Waals surface area contributed by atoms with E-state index >= 15 is 0 Å². The molecule has 0 saturated carbocycles. The van der Waals surface area contributed by atoms with E-state index in [1.165, 1.54) is 18.5 Å². The Hall–Kier alpha value is -4.18. The van der Waals surface area contributed by atoms with Gasteiger partial charge in [0.05, 0.1) is 28.3 Å². The third kappa shape index (κ3) is 3.91. The standard InChI is InChI=1S/C22H18N6O4/c29-22-18-12-27(8-7-19(18)25-21(26-22)15-9-23-13-24-10-15)11-17-5-6-20(32-17)14-1-3-16(4-2-14)28(30)31/h1-6,9-10,13H,7-8,11-12H2,(H,25,26,29). The van der Waals surface area contributed by atoms with E-state index in [0.717, 1.165) is 23.6 Å². The second-order valence-corrected chi connectivity index (χ2v) is 7.50. The van der Waals surface area contributed by atoms with Gasteiger partial charge in [0.15, 0.2) is 0 Å². The summed E-state index contributed by atoms with van der Waals surface area (Å²) < 4.78 is 5.94. The van der Waals surface area contributed by atoms with E-state index in [1.807, 2.05) is 12.1 Å². The molecule has 1 aliphatic heterocycles. The maximum absolute atomic E-state index is 12.7. The van der Waals surface area contributed by atoms with Crippen LogP contribution in [-0.4, -0.2) is 36.3 Å². The number of aromatic nitrogens is 4. The Balaban J connectivity index is 1.31. The lowest BCUT2D eigenvalue weighted by molar-refractivity contribution is -0.384. The zero-order chi connectivity index (χ0) is 22.1. The minimum absolute atomic E-state index is 0.0364. The van der Waals surface area contributed by atoms with Gasteiger partial charge in [0, 0.05) is 49.6 Å². The van der Waals surface area contributed by atoms with E-state index in [4.69, 9.17) is 4.42 Å². The fourth-order valence-corrected chi connectivity index (χ4v) is 3.76. The number of benzene rings is 1. The number of nitrogens with zero attached hydrogens (tertiary/aromatic N) is 5. The SMILES string of the molecule is O=c1[nH]c(-c2cncnc2)nc2c1CN(Cc1ccc(-c3ccc([N+](=O)[O-])cc3)o1)CC2. The number of nitrogens with one attached hydrogen (secondary N) is 1. The summed E-state index contributed by atoms with van der Waals surface area (Å²) in [6, 6.07) is 9.96. The predicted octanol–water partition coefficient (Wildman–Crippen LogP) is 2.95. The Morgan fingerprint density at radius 2 is 1.88 bits per heavy atom. The summed E-state index contributed by atoms with van der Waals surface area (Å²) in [7, 11) is 0. The lowest BCUT2D eigenvalue weighted by Crippen LogP contribution is -2.35. The number of hydrogen-bond acceptors (Lipinski definition) is 8. The molecule has 10 nitrogen and oxygen atoms in total. The first kappa shape index (κ1) is 19.8. The van der Waals surface area contributed by atoms with Crippen molar-refractivity contribution in [3.8, 4) is 22.7 Å². The van der Waals surface area contributed by atoms with Crippen molar-refractivity contribution in [1.82, 2.24) is 24.8 Å². The van der Waals surface area contributed by atoms with Gasteiger partial charge in [-0.25, -0.2) is 15.0 Å². The maximum atomic E-state index is 12.7. The Labute approximate surface area is 181 Å². The Kier molecular flexibility index (Phi) is 5.04. The maximum Gasteiger partial charge on any atom is 0.269 e. The largest absolute Gasteiger partial charge is 0.460 e. The normalized spacial score (nSPS) is 13.6. The number of fused-ring (bicyclic) bond motifs is 1. The van der Waals surface area contributed by atoms with Crippen molar-refractivity contribution < 1.29 is 9.34 Å². The predicted molar refractivity (Wildman–Crippen MR) is 115 cm³/mol. The molecule has 0 fully saturated rings. The third-order valence-corrected chi connectivity index (χ3v) is 5.39. The molecule has 0 saturated heterocycles. The summed E-state index contributed by atoms with van der Waals surface area (Å²) >= 11 is 0. The van der Waals surface area contributed by atoms with Gasteiger partial charge < -0.3 is 9.40 Å². The summed E-state index contributed by atoms with van der Waals surface area (Å²) in [4.78, 5) is 40.6. The molecule has 0 amide bonds. The number of furan rings is 1. The molecule has 0 unspecified atom stereocenters. The Bertz CT molecular complexity index is 1330. The summed E-state index contributed by atoms with van der Waals surface area (Å²) in [5.74, 6) is 1.87. The molecule has 0 radical (unpaired) electrons. The zero-order valence-electron chi connectivity index (χ0n) is 16.9. The van der Waals surface area contributed by atoms with E-state index in [2.05, 4.69) is 24.8 Å². The van der Waals surface area contributed by atoms with Gasteiger partial charge in [0.25, 0.3) is 11.2 Å². The van der Waals surface area contributed by atoms with Gasteiger partial charge >= 0.3 is 0 Å². The summed E-state index contributed by atoms with van der Waals surface area (Å²) in [5.41, 5.74) is 2.75. The molecule has 0 atom stereocenters. The zero-order valence-corrected chi connectivity index (χ0v) is 16.9. The van der Waals surface area contributed by atoms with Crippen molar-refractivity contribution in [2.24, 2.45) is 0 Å². The van der Waals surface area contributed by atoms with E-state index < -0.39 is 4.92 Å². The van der Waals surface area contributed by atoms with E-state index in [1.54, 1.807) is 24.5 Å². The van der Waals surface area contributed by atoms with Crippen LogP contribution in [0.5, 0.6) is 0 Å². The van der Waals surface area contributed by atoms with Crippen molar-refractivity contribution in [3.05, 3.63) is 92.6 Å². The van der Waals surface area contributed by atoms with E-state index in [0.29, 0.717) is 42.2 Å². The van der Waals surface area contributed by atoms with Crippen molar-refractivity contribution >= 4 is 5.69 Å². The average molecular weight is 430 g/mol. The number of H-pyrrole nitrogens is 1. The van der Waals surface area contributed by atoms with Crippen LogP contribution in [0, 0.1) is 10.1 Å². The first-order valence-electron chi connectivity index (χ1n) is 10.00. The highest BCUT2D eigenvalue weighted by Crippen LogP contribution is 2.26. The van der Waals surface area contributed by atoms with Gasteiger partial charge in [-0.1, -0.05) is 0 Å². The molecule has 5 rings (SSSR count). The molecular weight excluding hydrogens is 412 g/mol. The highest BCUT2D eigenvalue weighted by molar-refractivity contribution is 5.59. The minimum Gasteiger partial charge on any atom is -0.460 e. The number of aromatic amines is 1. The second-order valence-electron chi connectivity index (χ2n) is 7.50. The minimum atomic E-state index is -0.432. The number of hydrogen-bond donors (Lipinski definition) is 1. The van der Waals surface area contributed by atoms with Gasteiger partial charge in [-0.15, -0.1) is 0 Å². The molecule has 0 spiro atoms. The molecule has 0 bridgehead atoms. The van der Waals surface area contributed by atoms with Gasteiger partial charge in [-0.3, -0.25) is 19.8 Å². The number of nitro benzene ring substituents is 1. The first-order chi connectivity index (χ1) is 15.6. The van der Waals surface area contributed by atoms with Crippen molar-refractivity contribution in [1.29, 1.82) is 0 Å². The molecule has 0 aliphatic carbocycles. The molecule has 160 valence electrons. The van der Waals surface area contributed by atoms with Gasteiger partial charge in [0.1, 0.15) is 23.7 Å². The monoisotopic (exact) mass is 430 g/mol. The number of nitro groups is 1. The molecule has 1 aliphatic rings. The molecule has 10 heteroatoms. The summed E-state index contributed by atoms with van der Waals surface area (Å²) in [6.07, 6.45) is 5.31. The number of non-ortho nitro benzene ring substituents is 1. The van der Waals surface area contributed by atoms with Crippen LogP contribution in [-0.2, 0) is 19.5 Å². The molecule has 1 aromatic carbocycles. The van der Waals surface area contributed by atoms with Crippen LogP contribution in [0.4, 0.5) is 5.69 Å². The molecule has 3 aromatic heterocycles. The van der Waals surface area contributed by atoms with Crippen LogP contribution in [0.1, 0.15) is 17.0 Å². The average Bonchev–Trinajstić information content (AvgIpc) is 3.28. The quantitative estimate of drug-likeness (QED) is 0.378. The number of rotatable bonds is 5. The van der Waals surface area contributed by atoms with Crippen LogP contribution in [0.2, 0.25) is 0 Å². The summed E-state index contributed by atoms with van der Waals surface area (Å²) in [6.45, 7) is 1.75. The van der Waals surface area contributed by atoms with Crippen LogP contribution < -0.4 is 5.56 Å². The van der Waals surface area contributed by atoms with Crippen LogP contribution in [0.15, 0.2) is 64.3 Å². The van der Waals surface area contributed by atoms with Crippen LogP contribution in [0.3, 0.4) is 0 Å². The fraction of sp³-hybridized carbons (Fsp3) is 0.182. The lowest BCUT2D eigenvalue weighted by Gasteiger charge is -2.26. The lowest BCUT2D eigenvalue weighted by atomic mass is 10.1. The molecular formula is C22H18N6O4. The Morgan fingerprint density at radius 3 is 2.62 bits per heavy atom. The van der Waals surface area contributed by atoms with Crippen molar-refractivity contribution in [3.63, 3.8) is 0 Å². The smallest absolute Gasteiger partial charge is 0.269 e. The third-order valence-electron chi connectivity index (χ3n) is 5.39. The molecule has 4 aromatic rings. The van der Waals surface area contributed by atoms with Crippen molar-refractivity contribution in [2.75, 3.05) is 6.54 Å². The highest BCUT2D eigenvalue weighted by Gasteiger charge is 2.22. The van der Waals surface area contributed by atoms with Gasteiger partial charge in [-0.2, -0.15) is 0 Å². The van der Waals surface area contributed by atoms with E-state index in [-0.39, 0.29) is 11.2 Å². The van der Waals surface area contributed by atoms with Crippen LogP contribution >= 0.6 is 0 Å². The van der Waals surface area contributed by atoms with Crippen LogP contribution in [0.25, 0.3) is 22.7 Å². The second kappa shape index (κ2) is 8.16. The summed E-state index contributed by atoms with van der Waals surface area (Å²) in [5, 5.41) is 10.8.